The van der Waals surface area contributed by atoms with E-state index in [-0.39, 0.29) is 5.96 Å². The van der Waals surface area contributed by atoms with Crippen molar-refractivity contribution in [2.24, 2.45) is 15.7 Å². The van der Waals surface area contributed by atoms with Crippen molar-refractivity contribution in [2.75, 3.05) is 5.73 Å². The number of rotatable bonds is 1. The first-order valence-electron chi connectivity index (χ1n) is 3.81. The van der Waals surface area contributed by atoms with E-state index in [9.17, 15) is 0 Å². The summed E-state index contributed by atoms with van der Waals surface area (Å²) >= 11 is 0. The van der Waals surface area contributed by atoms with Gasteiger partial charge in [-0.2, -0.15) is 0 Å². The second-order valence-corrected chi connectivity index (χ2v) is 2.64. The fraction of sp³-hybridized carbons (Fsp3) is 0.111. The van der Waals surface area contributed by atoms with Crippen molar-refractivity contribution in [1.82, 2.24) is 0 Å². The Morgan fingerprint density at radius 1 is 1.46 bits per heavy atom. The maximum atomic E-state index is 5.70. The molecule has 0 saturated heterocycles. The standard InChI is InChI=1S/C9H12N4/c1-6-4-3-5-7(10)8(6)13-9(11)12-2/h3-5H,2,10H2,1H3,(H2,11,13). The molecule has 1 rings (SSSR count). The molecule has 4 nitrogen and oxygen atoms in total. The number of nitrogens with two attached hydrogens (primary N) is 2. The van der Waals surface area contributed by atoms with E-state index in [1.807, 2.05) is 19.1 Å². The van der Waals surface area contributed by atoms with Crippen LogP contribution < -0.4 is 11.5 Å². The third kappa shape index (κ3) is 2.05. The SMILES string of the molecule is C=NC(N)=Nc1c(C)cccc1N. The quantitative estimate of drug-likeness (QED) is 0.383. The van der Waals surface area contributed by atoms with Gasteiger partial charge in [-0.1, -0.05) is 12.1 Å². The Hall–Kier alpha value is -1.84. The molecule has 0 aromatic heterocycles. The molecule has 0 aliphatic rings. The molecule has 0 radical (unpaired) electrons. The number of hydrogen-bond acceptors (Lipinski definition) is 2. The van der Waals surface area contributed by atoms with E-state index in [1.54, 1.807) is 6.07 Å². The molecule has 13 heavy (non-hydrogen) atoms. The van der Waals surface area contributed by atoms with Gasteiger partial charge < -0.3 is 11.5 Å². The molecule has 0 heterocycles. The molecular formula is C9H12N4. The molecule has 4 N–H and O–H groups in total. The zero-order valence-corrected chi connectivity index (χ0v) is 7.49. The highest BCUT2D eigenvalue weighted by molar-refractivity contribution is 5.87. The lowest BCUT2D eigenvalue weighted by atomic mass is 10.2. The summed E-state index contributed by atoms with van der Waals surface area (Å²) in [6.07, 6.45) is 0. The molecule has 0 spiro atoms. The topological polar surface area (TPSA) is 76.8 Å². The van der Waals surface area contributed by atoms with Crippen LogP contribution in [0.25, 0.3) is 0 Å². The van der Waals surface area contributed by atoms with Crippen molar-refractivity contribution in [2.45, 2.75) is 6.92 Å². The highest BCUT2D eigenvalue weighted by Crippen LogP contribution is 2.25. The molecule has 68 valence electrons. The average Bonchev–Trinajstić information content (AvgIpc) is 2.11. The van der Waals surface area contributed by atoms with Gasteiger partial charge in [-0.3, -0.25) is 0 Å². The van der Waals surface area contributed by atoms with Crippen LogP contribution in [0, 0.1) is 6.92 Å². The predicted molar refractivity (Wildman–Crippen MR) is 56.4 cm³/mol. The van der Waals surface area contributed by atoms with Crippen LogP contribution in [-0.4, -0.2) is 12.7 Å². The van der Waals surface area contributed by atoms with Gasteiger partial charge in [-0.05, 0) is 25.3 Å². The summed E-state index contributed by atoms with van der Waals surface area (Å²) in [6, 6.07) is 5.54. The maximum absolute atomic E-state index is 5.70. The molecule has 0 aliphatic carbocycles. The Morgan fingerprint density at radius 2 is 2.15 bits per heavy atom. The van der Waals surface area contributed by atoms with Gasteiger partial charge in [0.05, 0.1) is 11.4 Å². The smallest absolute Gasteiger partial charge is 0.219 e. The van der Waals surface area contributed by atoms with Crippen LogP contribution in [0.1, 0.15) is 5.56 Å². The van der Waals surface area contributed by atoms with Gasteiger partial charge >= 0.3 is 0 Å². The number of benzene rings is 1. The molecule has 0 atom stereocenters. The van der Waals surface area contributed by atoms with Gasteiger partial charge in [0.1, 0.15) is 0 Å². The number of nitrogens with zero attached hydrogens (tertiary/aromatic N) is 2. The van der Waals surface area contributed by atoms with Crippen molar-refractivity contribution < 1.29 is 0 Å². The van der Waals surface area contributed by atoms with Crippen LogP contribution >= 0.6 is 0 Å². The number of nitrogen functional groups attached to an aromatic ring is 1. The summed E-state index contributed by atoms with van der Waals surface area (Å²) in [7, 11) is 0. The van der Waals surface area contributed by atoms with Gasteiger partial charge in [0.25, 0.3) is 0 Å². The van der Waals surface area contributed by atoms with Gasteiger partial charge in [-0.15, -0.1) is 0 Å². The van der Waals surface area contributed by atoms with E-state index in [4.69, 9.17) is 11.5 Å². The van der Waals surface area contributed by atoms with Crippen LogP contribution in [0.15, 0.2) is 28.2 Å². The molecule has 0 bridgehead atoms. The lowest BCUT2D eigenvalue weighted by molar-refractivity contribution is 1.36. The molecule has 1 aromatic carbocycles. The van der Waals surface area contributed by atoms with Crippen molar-refractivity contribution in [3.8, 4) is 0 Å². The number of hydrogen-bond donors (Lipinski definition) is 2. The van der Waals surface area contributed by atoms with Gasteiger partial charge in [0.15, 0.2) is 0 Å². The molecular weight excluding hydrogens is 164 g/mol. The highest BCUT2D eigenvalue weighted by atomic mass is 15.0. The fourth-order valence-electron chi connectivity index (χ4n) is 0.984. The van der Waals surface area contributed by atoms with E-state index >= 15 is 0 Å². The van der Waals surface area contributed by atoms with Crippen molar-refractivity contribution >= 4 is 24.1 Å². The normalized spacial score (nSPS) is 11.3. The summed E-state index contributed by atoms with van der Waals surface area (Å²) in [6.45, 7) is 5.18. The maximum Gasteiger partial charge on any atom is 0.219 e. The summed E-state index contributed by atoms with van der Waals surface area (Å²) in [5, 5.41) is 0. The van der Waals surface area contributed by atoms with Crippen molar-refractivity contribution in [1.29, 1.82) is 0 Å². The number of aliphatic imine (C=N–C) groups is 2. The summed E-state index contributed by atoms with van der Waals surface area (Å²) < 4.78 is 0. The Kier molecular flexibility index (Phi) is 2.64. The molecule has 0 fully saturated rings. The minimum absolute atomic E-state index is 0.126. The van der Waals surface area contributed by atoms with E-state index in [0.717, 1.165) is 5.56 Å². The zero-order chi connectivity index (χ0) is 9.84. The average molecular weight is 176 g/mol. The Balaban J connectivity index is 3.21. The molecule has 0 unspecified atom stereocenters. The van der Waals surface area contributed by atoms with E-state index < -0.39 is 0 Å². The second-order valence-electron chi connectivity index (χ2n) is 2.64. The number of aryl methyl sites for hydroxylation is 1. The minimum atomic E-state index is 0.126. The van der Waals surface area contributed by atoms with Crippen LogP contribution in [0.5, 0.6) is 0 Å². The van der Waals surface area contributed by atoms with Crippen LogP contribution in [0.2, 0.25) is 0 Å². The van der Waals surface area contributed by atoms with E-state index in [1.165, 1.54) is 0 Å². The first-order chi connectivity index (χ1) is 6.15. The molecule has 1 aromatic rings. The lowest BCUT2D eigenvalue weighted by Gasteiger charge is -2.03. The Morgan fingerprint density at radius 3 is 2.69 bits per heavy atom. The third-order valence-electron chi connectivity index (χ3n) is 1.66. The largest absolute Gasteiger partial charge is 0.397 e. The van der Waals surface area contributed by atoms with Crippen LogP contribution in [0.3, 0.4) is 0 Å². The summed E-state index contributed by atoms with van der Waals surface area (Å²) in [5.41, 5.74) is 13.3. The molecule has 0 aliphatic heterocycles. The molecule has 0 amide bonds. The number of anilines is 1. The van der Waals surface area contributed by atoms with Crippen molar-refractivity contribution in [3.63, 3.8) is 0 Å². The van der Waals surface area contributed by atoms with Crippen LogP contribution in [-0.2, 0) is 0 Å². The summed E-state index contributed by atoms with van der Waals surface area (Å²) in [5.74, 6) is 0.126. The first-order valence-corrected chi connectivity index (χ1v) is 3.81. The Labute approximate surface area is 77.0 Å². The molecule has 4 heteroatoms. The number of guanidine groups is 1. The van der Waals surface area contributed by atoms with Crippen LogP contribution in [0.4, 0.5) is 11.4 Å². The van der Waals surface area contributed by atoms with Crippen molar-refractivity contribution in [3.05, 3.63) is 23.8 Å². The molecule has 0 saturated carbocycles. The van der Waals surface area contributed by atoms with E-state index in [2.05, 4.69) is 16.7 Å². The number of para-hydroxylation sites is 1. The Bertz CT molecular complexity index is 334. The first kappa shape index (κ1) is 9.25. The predicted octanol–water partition coefficient (Wildman–Crippen LogP) is 1.22. The second kappa shape index (κ2) is 3.71. The fourth-order valence-corrected chi connectivity index (χ4v) is 0.984. The lowest BCUT2D eigenvalue weighted by Crippen LogP contribution is -2.06. The van der Waals surface area contributed by atoms with Gasteiger partial charge in [-0.25, -0.2) is 9.98 Å². The monoisotopic (exact) mass is 176 g/mol. The zero-order valence-electron chi connectivity index (χ0n) is 7.49. The van der Waals surface area contributed by atoms with Gasteiger partial charge in [0.2, 0.25) is 5.96 Å². The minimum Gasteiger partial charge on any atom is -0.397 e. The van der Waals surface area contributed by atoms with E-state index in [0.29, 0.717) is 11.4 Å². The highest BCUT2D eigenvalue weighted by Gasteiger charge is 2.00. The summed E-state index contributed by atoms with van der Waals surface area (Å²) in [4.78, 5) is 7.51. The van der Waals surface area contributed by atoms with Gasteiger partial charge in [0, 0.05) is 0 Å². The third-order valence-corrected chi connectivity index (χ3v) is 1.66.